The zero-order chi connectivity index (χ0) is 16.2. The number of benzene rings is 2. The summed E-state index contributed by atoms with van der Waals surface area (Å²) in [5, 5.41) is 2.09. The summed E-state index contributed by atoms with van der Waals surface area (Å²) >= 11 is 18.8. The molecule has 0 aliphatic carbocycles. The molecule has 5 heteroatoms. The van der Waals surface area contributed by atoms with E-state index >= 15 is 0 Å². The van der Waals surface area contributed by atoms with E-state index in [0.717, 1.165) is 29.1 Å². The molecule has 1 heterocycles. The van der Waals surface area contributed by atoms with Crippen LogP contribution >= 0.6 is 34.8 Å². The maximum Gasteiger partial charge on any atom is 0.0946 e. The van der Waals surface area contributed by atoms with Gasteiger partial charge in [-0.3, -0.25) is 0 Å². The zero-order valence-corrected chi connectivity index (χ0v) is 14.6. The summed E-state index contributed by atoms with van der Waals surface area (Å²) in [6, 6.07) is 13.5. The van der Waals surface area contributed by atoms with Crippen molar-refractivity contribution in [2.45, 2.75) is 18.9 Å². The summed E-state index contributed by atoms with van der Waals surface area (Å²) in [5.74, 6) is 0.191. The minimum atomic E-state index is 0.191. The molecule has 0 saturated heterocycles. The number of rotatable bonds is 5. The minimum Gasteiger partial charge on any atom is -0.337 e. The Bertz CT molecular complexity index is 785. The highest BCUT2D eigenvalue weighted by Gasteiger charge is 2.17. The number of aromatic nitrogens is 2. The molecule has 0 radical (unpaired) electrons. The Kier molecular flexibility index (Phi) is 5.27. The third kappa shape index (κ3) is 4.08. The first-order chi connectivity index (χ1) is 11.1. The van der Waals surface area contributed by atoms with Gasteiger partial charge in [-0.05, 0) is 35.7 Å². The van der Waals surface area contributed by atoms with Crippen molar-refractivity contribution in [1.29, 1.82) is 0 Å². The summed E-state index contributed by atoms with van der Waals surface area (Å²) in [6.45, 7) is 0.780. The summed E-state index contributed by atoms with van der Waals surface area (Å²) in [5.41, 5.74) is 2.16. The van der Waals surface area contributed by atoms with Crippen molar-refractivity contribution in [3.63, 3.8) is 0 Å². The van der Waals surface area contributed by atoms with Gasteiger partial charge in [0.15, 0.2) is 0 Å². The van der Waals surface area contributed by atoms with E-state index in [9.17, 15) is 0 Å². The summed E-state index contributed by atoms with van der Waals surface area (Å²) in [6.07, 6.45) is 6.32. The average molecular weight is 366 g/mol. The zero-order valence-electron chi connectivity index (χ0n) is 12.3. The van der Waals surface area contributed by atoms with E-state index in [-0.39, 0.29) is 5.92 Å². The second kappa shape index (κ2) is 7.39. The van der Waals surface area contributed by atoms with Gasteiger partial charge in [-0.2, -0.15) is 0 Å². The predicted octanol–water partition coefficient (Wildman–Crippen LogP) is 5.87. The van der Waals surface area contributed by atoms with E-state index in [1.807, 2.05) is 42.9 Å². The second-order valence-electron chi connectivity index (χ2n) is 5.42. The van der Waals surface area contributed by atoms with Crippen LogP contribution in [0.2, 0.25) is 15.1 Å². The molecular formula is C18H15Cl3N2. The van der Waals surface area contributed by atoms with Crippen LogP contribution in [0.5, 0.6) is 0 Å². The van der Waals surface area contributed by atoms with Crippen molar-refractivity contribution in [3.8, 4) is 0 Å². The topological polar surface area (TPSA) is 17.8 Å². The minimum absolute atomic E-state index is 0.191. The van der Waals surface area contributed by atoms with E-state index in [1.54, 1.807) is 12.3 Å². The molecule has 118 valence electrons. The summed E-state index contributed by atoms with van der Waals surface area (Å²) in [4.78, 5) is 4.11. The third-order valence-corrected chi connectivity index (χ3v) is 4.75. The predicted molar refractivity (Wildman–Crippen MR) is 96.6 cm³/mol. The molecular weight excluding hydrogens is 351 g/mol. The third-order valence-electron chi connectivity index (χ3n) is 3.82. The molecule has 3 aromatic rings. The fourth-order valence-corrected chi connectivity index (χ4v) is 3.46. The van der Waals surface area contributed by atoms with Crippen LogP contribution in [0.4, 0.5) is 0 Å². The van der Waals surface area contributed by atoms with Crippen LogP contribution in [0.25, 0.3) is 0 Å². The highest BCUT2D eigenvalue weighted by molar-refractivity contribution is 6.35. The molecule has 2 aromatic carbocycles. The Morgan fingerprint density at radius 3 is 2.52 bits per heavy atom. The number of halogens is 3. The highest BCUT2D eigenvalue weighted by atomic mass is 35.5. The fraction of sp³-hybridized carbons (Fsp3) is 0.167. The lowest BCUT2D eigenvalue weighted by Crippen LogP contribution is -2.12. The highest BCUT2D eigenvalue weighted by Crippen LogP contribution is 2.32. The number of hydrogen-bond donors (Lipinski definition) is 0. The Balaban J connectivity index is 1.93. The Morgan fingerprint density at radius 2 is 1.83 bits per heavy atom. The fourth-order valence-electron chi connectivity index (χ4n) is 2.68. The summed E-state index contributed by atoms with van der Waals surface area (Å²) in [7, 11) is 0. The van der Waals surface area contributed by atoms with Crippen molar-refractivity contribution >= 4 is 34.8 Å². The van der Waals surface area contributed by atoms with Gasteiger partial charge in [-0.1, -0.05) is 59.1 Å². The molecule has 0 amide bonds. The first kappa shape index (κ1) is 16.4. The van der Waals surface area contributed by atoms with Crippen LogP contribution in [0.3, 0.4) is 0 Å². The van der Waals surface area contributed by atoms with Crippen LogP contribution in [0.15, 0.2) is 61.2 Å². The molecule has 0 spiro atoms. The number of nitrogens with zero attached hydrogens (tertiary/aromatic N) is 2. The van der Waals surface area contributed by atoms with E-state index in [1.165, 1.54) is 0 Å². The quantitative estimate of drug-likeness (QED) is 0.553. The largest absolute Gasteiger partial charge is 0.337 e. The van der Waals surface area contributed by atoms with Crippen LogP contribution < -0.4 is 0 Å². The Morgan fingerprint density at radius 1 is 1.00 bits per heavy atom. The molecule has 23 heavy (non-hydrogen) atoms. The molecule has 0 N–H and O–H groups in total. The van der Waals surface area contributed by atoms with Gasteiger partial charge < -0.3 is 4.57 Å². The SMILES string of the molecule is Clc1ccc(CC(Cn2ccnc2)c2ccccc2Cl)c(Cl)c1. The Labute approximate surface area is 150 Å². The van der Waals surface area contributed by atoms with Crippen LogP contribution in [-0.2, 0) is 13.0 Å². The molecule has 0 saturated carbocycles. The molecule has 0 aliphatic heterocycles. The molecule has 1 aromatic heterocycles. The molecule has 1 unspecified atom stereocenters. The standard InChI is InChI=1S/C18H15Cl3N2/c19-15-6-5-13(18(21)10-15)9-14(11-23-8-7-22-12-23)16-3-1-2-4-17(16)20/h1-8,10,12,14H,9,11H2. The molecule has 1 atom stereocenters. The van der Waals surface area contributed by atoms with Crippen LogP contribution in [0, 0.1) is 0 Å². The van der Waals surface area contributed by atoms with Gasteiger partial charge in [-0.15, -0.1) is 0 Å². The number of hydrogen-bond acceptors (Lipinski definition) is 1. The van der Waals surface area contributed by atoms with E-state index < -0.39 is 0 Å². The summed E-state index contributed by atoms with van der Waals surface area (Å²) < 4.78 is 2.05. The van der Waals surface area contributed by atoms with Crippen molar-refractivity contribution in [3.05, 3.63) is 87.4 Å². The van der Waals surface area contributed by atoms with Gasteiger partial charge in [-0.25, -0.2) is 4.98 Å². The average Bonchev–Trinajstić information content (AvgIpc) is 3.03. The molecule has 3 rings (SSSR count). The first-order valence-electron chi connectivity index (χ1n) is 7.27. The van der Waals surface area contributed by atoms with Gasteiger partial charge in [0, 0.05) is 39.9 Å². The van der Waals surface area contributed by atoms with Crippen molar-refractivity contribution in [2.24, 2.45) is 0 Å². The lowest BCUT2D eigenvalue weighted by Gasteiger charge is -2.20. The smallest absolute Gasteiger partial charge is 0.0946 e. The second-order valence-corrected chi connectivity index (χ2v) is 6.67. The van der Waals surface area contributed by atoms with Crippen molar-refractivity contribution in [1.82, 2.24) is 9.55 Å². The Hall–Kier alpha value is -1.48. The van der Waals surface area contributed by atoms with Gasteiger partial charge >= 0.3 is 0 Å². The van der Waals surface area contributed by atoms with Crippen molar-refractivity contribution < 1.29 is 0 Å². The molecule has 0 aliphatic rings. The van der Waals surface area contributed by atoms with E-state index in [4.69, 9.17) is 34.8 Å². The monoisotopic (exact) mass is 364 g/mol. The lowest BCUT2D eigenvalue weighted by molar-refractivity contribution is 0.556. The molecule has 0 bridgehead atoms. The van der Waals surface area contributed by atoms with Gasteiger partial charge in [0.25, 0.3) is 0 Å². The normalized spacial score (nSPS) is 12.3. The van der Waals surface area contributed by atoms with E-state index in [0.29, 0.717) is 10.0 Å². The maximum atomic E-state index is 6.41. The van der Waals surface area contributed by atoms with Gasteiger partial charge in [0.1, 0.15) is 0 Å². The maximum absolute atomic E-state index is 6.41. The van der Waals surface area contributed by atoms with Crippen molar-refractivity contribution in [2.75, 3.05) is 0 Å². The number of imidazole rings is 1. The lowest BCUT2D eigenvalue weighted by atomic mass is 9.91. The molecule has 2 nitrogen and oxygen atoms in total. The van der Waals surface area contributed by atoms with E-state index in [2.05, 4.69) is 15.6 Å². The first-order valence-corrected chi connectivity index (χ1v) is 8.41. The van der Waals surface area contributed by atoms with Gasteiger partial charge in [0.2, 0.25) is 0 Å². The molecule has 0 fully saturated rings. The van der Waals surface area contributed by atoms with Gasteiger partial charge in [0.05, 0.1) is 6.33 Å². The van der Waals surface area contributed by atoms with Crippen LogP contribution in [-0.4, -0.2) is 9.55 Å². The van der Waals surface area contributed by atoms with Crippen LogP contribution in [0.1, 0.15) is 17.0 Å².